The third-order valence-corrected chi connectivity index (χ3v) is 5.07. The molecule has 1 aromatic rings. The molecular formula is C13H20ClN3O. The molecule has 3 fully saturated rings. The molecule has 4 rings (SSSR count). The van der Waals surface area contributed by atoms with E-state index in [1.807, 2.05) is 0 Å². The van der Waals surface area contributed by atoms with Gasteiger partial charge < -0.3 is 10.3 Å². The maximum Gasteiger partial charge on any atom is 0.230 e. The second-order valence-electron chi connectivity index (χ2n) is 6.10. The van der Waals surface area contributed by atoms with Crippen LogP contribution in [0.4, 0.5) is 0 Å². The van der Waals surface area contributed by atoms with Gasteiger partial charge >= 0.3 is 0 Å². The summed E-state index contributed by atoms with van der Waals surface area (Å²) in [5.74, 6) is 3.83. The summed E-state index contributed by atoms with van der Waals surface area (Å²) in [6.45, 7) is 0. The van der Waals surface area contributed by atoms with Crippen LogP contribution in [0, 0.1) is 11.8 Å². The van der Waals surface area contributed by atoms with Crippen LogP contribution in [-0.4, -0.2) is 10.1 Å². The summed E-state index contributed by atoms with van der Waals surface area (Å²) in [5, 5.41) is 4.12. The van der Waals surface area contributed by atoms with Crippen LogP contribution in [0.15, 0.2) is 4.52 Å². The number of nitrogens with zero attached hydrogens (tertiary/aromatic N) is 2. The van der Waals surface area contributed by atoms with Crippen molar-refractivity contribution >= 4 is 12.4 Å². The van der Waals surface area contributed by atoms with E-state index in [9.17, 15) is 0 Å². The van der Waals surface area contributed by atoms with Gasteiger partial charge in [-0.25, -0.2) is 0 Å². The Labute approximate surface area is 113 Å². The summed E-state index contributed by atoms with van der Waals surface area (Å²) in [7, 11) is 0. The number of hydrogen-bond acceptors (Lipinski definition) is 4. The molecule has 1 heterocycles. The quantitative estimate of drug-likeness (QED) is 0.897. The highest BCUT2D eigenvalue weighted by molar-refractivity contribution is 5.85. The average molecular weight is 270 g/mol. The molecular weight excluding hydrogens is 250 g/mol. The Morgan fingerprint density at radius 3 is 2.33 bits per heavy atom. The minimum atomic E-state index is -0.276. The Morgan fingerprint density at radius 2 is 1.78 bits per heavy atom. The van der Waals surface area contributed by atoms with Crippen molar-refractivity contribution in [2.45, 2.75) is 56.4 Å². The molecule has 100 valence electrons. The van der Waals surface area contributed by atoms with Crippen molar-refractivity contribution in [1.82, 2.24) is 10.1 Å². The van der Waals surface area contributed by atoms with E-state index < -0.39 is 0 Å². The molecule has 2 unspecified atom stereocenters. The first-order valence-electron chi connectivity index (χ1n) is 6.91. The SMILES string of the molecule is Cl.NC1(c2noc(C3C4CCCCC43)n2)CCC1. The summed E-state index contributed by atoms with van der Waals surface area (Å²) in [4.78, 5) is 4.59. The summed E-state index contributed by atoms with van der Waals surface area (Å²) in [6, 6.07) is 0. The molecule has 3 aliphatic rings. The summed E-state index contributed by atoms with van der Waals surface area (Å²) < 4.78 is 5.46. The van der Waals surface area contributed by atoms with Crippen LogP contribution in [0.5, 0.6) is 0 Å². The molecule has 2 N–H and O–H groups in total. The van der Waals surface area contributed by atoms with E-state index >= 15 is 0 Å². The maximum absolute atomic E-state index is 6.22. The Bertz CT molecular complexity index is 431. The number of aromatic nitrogens is 2. The van der Waals surface area contributed by atoms with Crippen LogP contribution in [0.3, 0.4) is 0 Å². The predicted molar refractivity (Wildman–Crippen MR) is 69.5 cm³/mol. The first-order chi connectivity index (χ1) is 8.28. The molecule has 2 atom stereocenters. The standard InChI is InChI=1S/C13H19N3O.ClH/c14-13(6-3-7-13)12-15-11(17-16-12)10-8-4-1-2-5-9(8)10;/h8-10H,1-7,14H2;1H. The summed E-state index contributed by atoms with van der Waals surface area (Å²) in [5.41, 5.74) is 5.94. The smallest absolute Gasteiger partial charge is 0.230 e. The highest BCUT2D eigenvalue weighted by Gasteiger charge is 2.55. The summed E-state index contributed by atoms with van der Waals surface area (Å²) >= 11 is 0. The predicted octanol–water partition coefficient (Wildman–Crippen LogP) is 2.73. The molecule has 0 bridgehead atoms. The van der Waals surface area contributed by atoms with Crippen molar-refractivity contribution in [3.63, 3.8) is 0 Å². The van der Waals surface area contributed by atoms with Gasteiger partial charge in [-0.05, 0) is 43.9 Å². The van der Waals surface area contributed by atoms with E-state index in [0.717, 1.165) is 36.4 Å². The molecule has 1 aromatic heterocycles. The van der Waals surface area contributed by atoms with Gasteiger partial charge in [-0.1, -0.05) is 18.0 Å². The minimum Gasteiger partial charge on any atom is -0.339 e. The molecule has 0 amide bonds. The lowest BCUT2D eigenvalue weighted by atomic mass is 9.77. The van der Waals surface area contributed by atoms with Gasteiger partial charge in [0.2, 0.25) is 5.89 Å². The highest BCUT2D eigenvalue weighted by atomic mass is 35.5. The zero-order chi connectivity index (χ0) is 11.5. The molecule has 5 heteroatoms. The monoisotopic (exact) mass is 269 g/mol. The number of hydrogen-bond donors (Lipinski definition) is 1. The van der Waals surface area contributed by atoms with E-state index in [1.165, 1.54) is 32.1 Å². The third-order valence-electron chi connectivity index (χ3n) is 5.07. The van der Waals surface area contributed by atoms with Gasteiger partial charge in [-0.3, -0.25) is 0 Å². The molecule has 0 aliphatic heterocycles. The average Bonchev–Trinajstić information content (AvgIpc) is 2.84. The van der Waals surface area contributed by atoms with Crippen LogP contribution >= 0.6 is 12.4 Å². The zero-order valence-corrected chi connectivity index (χ0v) is 11.3. The number of halogens is 1. The molecule has 3 saturated carbocycles. The van der Waals surface area contributed by atoms with Crippen LogP contribution in [0.2, 0.25) is 0 Å². The van der Waals surface area contributed by atoms with Gasteiger partial charge in [0.25, 0.3) is 0 Å². The molecule has 0 radical (unpaired) electrons. The topological polar surface area (TPSA) is 64.9 Å². The van der Waals surface area contributed by atoms with Gasteiger partial charge in [0.15, 0.2) is 5.82 Å². The first-order valence-corrected chi connectivity index (χ1v) is 6.91. The van der Waals surface area contributed by atoms with E-state index in [1.54, 1.807) is 0 Å². The van der Waals surface area contributed by atoms with Gasteiger partial charge in [0.1, 0.15) is 0 Å². The van der Waals surface area contributed by atoms with E-state index in [4.69, 9.17) is 10.3 Å². The Kier molecular flexibility index (Phi) is 2.90. The minimum absolute atomic E-state index is 0. The van der Waals surface area contributed by atoms with Crippen LogP contribution < -0.4 is 5.73 Å². The van der Waals surface area contributed by atoms with Crippen molar-refractivity contribution in [2.24, 2.45) is 17.6 Å². The van der Waals surface area contributed by atoms with Crippen molar-refractivity contribution in [3.8, 4) is 0 Å². The zero-order valence-electron chi connectivity index (χ0n) is 10.5. The van der Waals surface area contributed by atoms with E-state index in [2.05, 4.69) is 10.1 Å². The third kappa shape index (κ3) is 1.69. The van der Waals surface area contributed by atoms with Crippen molar-refractivity contribution < 1.29 is 4.52 Å². The molecule has 18 heavy (non-hydrogen) atoms. The van der Waals surface area contributed by atoms with Gasteiger partial charge in [0, 0.05) is 5.92 Å². The molecule has 4 nitrogen and oxygen atoms in total. The summed E-state index contributed by atoms with van der Waals surface area (Å²) in [6.07, 6.45) is 8.64. The lowest BCUT2D eigenvalue weighted by Gasteiger charge is -2.34. The van der Waals surface area contributed by atoms with Gasteiger partial charge in [-0.15, -0.1) is 12.4 Å². The molecule has 0 spiro atoms. The van der Waals surface area contributed by atoms with Crippen LogP contribution in [0.1, 0.15) is 62.6 Å². The first kappa shape index (κ1) is 12.4. The van der Waals surface area contributed by atoms with Crippen molar-refractivity contribution in [1.29, 1.82) is 0 Å². The van der Waals surface area contributed by atoms with Crippen LogP contribution in [0.25, 0.3) is 0 Å². The molecule has 0 aromatic carbocycles. The van der Waals surface area contributed by atoms with Crippen molar-refractivity contribution in [2.75, 3.05) is 0 Å². The van der Waals surface area contributed by atoms with Gasteiger partial charge in [0.05, 0.1) is 5.54 Å². The molecule has 0 saturated heterocycles. The Morgan fingerprint density at radius 1 is 1.11 bits per heavy atom. The largest absolute Gasteiger partial charge is 0.339 e. The fraction of sp³-hybridized carbons (Fsp3) is 0.846. The number of rotatable bonds is 2. The number of nitrogens with two attached hydrogens (primary N) is 1. The fourth-order valence-corrected chi connectivity index (χ4v) is 3.71. The fourth-order valence-electron chi connectivity index (χ4n) is 3.71. The lowest BCUT2D eigenvalue weighted by molar-refractivity contribution is 0.229. The van der Waals surface area contributed by atoms with E-state index in [0.29, 0.717) is 5.92 Å². The lowest BCUT2D eigenvalue weighted by Crippen LogP contribution is -2.44. The maximum atomic E-state index is 6.22. The van der Waals surface area contributed by atoms with Crippen LogP contribution in [-0.2, 0) is 5.54 Å². The Balaban J connectivity index is 0.000001000. The number of fused-ring (bicyclic) bond motifs is 1. The normalized spacial score (nSPS) is 36.2. The van der Waals surface area contributed by atoms with Crippen molar-refractivity contribution in [3.05, 3.63) is 11.7 Å². The second kappa shape index (κ2) is 4.20. The second-order valence-corrected chi connectivity index (χ2v) is 6.10. The van der Waals surface area contributed by atoms with E-state index in [-0.39, 0.29) is 17.9 Å². The molecule has 3 aliphatic carbocycles. The Hall–Kier alpha value is -0.610. The van der Waals surface area contributed by atoms with Gasteiger partial charge in [-0.2, -0.15) is 4.98 Å². The highest BCUT2D eigenvalue weighted by Crippen LogP contribution is 2.60.